The van der Waals surface area contributed by atoms with E-state index in [4.69, 9.17) is 4.42 Å². The Morgan fingerprint density at radius 1 is 1.20 bits per heavy atom. The average molecular weight is 345 g/mol. The lowest BCUT2D eigenvalue weighted by Gasteiger charge is -2.32. The molecular weight excluding hydrogens is 321 g/mol. The summed E-state index contributed by atoms with van der Waals surface area (Å²) < 4.78 is 18.8. The molecule has 0 N–H and O–H groups in total. The van der Waals surface area contributed by atoms with Gasteiger partial charge in [-0.2, -0.15) is 0 Å². The molecule has 5 nitrogen and oxygen atoms in total. The minimum absolute atomic E-state index is 0.130. The third-order valence-electron chi connectivity index (χ3n) is 5.02. The van der Waals surface area contributed by atoms with E-state index in [1.165, 1.54) is 12.1 Å². The highest BCUT2D eigenvalue weighted by molar-refractivity contribution is 5.78. The van der Waals surface area contributed by atoms with E-state index in [0.717, 1.165) is 38.8 Å². The van der Waals surface area contributed by atoms with Crippen molar-refractivity contribution in [1.29, 1.82) is 0 Å². The van der Waals surface area contributed by atoms with E-state index in [1.54, 1.807) is 12.1 Å². The molecule has 3 rings (SSSR count). The van der Waals surface area contributed by atoms with Crippen LogP contribution in [0.3, 0.4) is 0 Å². The summed E-state index contributed by atoms with van der Waals surface area (Å²) in [4.78, 5) is 14.4. The Balaban J connectivity index is 1.62. The van der Waals surface area contributed by atoms with Crippen molar-refractivity contribution in [3.05, 3.63) is 36.0 Å². The largest absolute Gasteiger partial charge is 0.420 e. The molecule has 0 aliphatic carbocycles. The number of benzene rings is 1. The Morgan fingerprint density at radius 2 is 1.84 bits per heavy atom. The van der Waals surface area contributed by atoms with Gasteiger partial charge in [0.25, 0.3) is 0 Å². The second-order valence-electron chi connectivity index (χ2n) is 6.57. The number of hydrogen-bond acceptors (Lipinski definition) is 4. The first-order valence-corrected chi connectivity index (χ1v) is 9.00. The minimum Gasteiger partial charge on any atom is -0.420 e. The van der Waals surface area contributed by atoms with E-state index in [1.807, 2.05) is 4.90 Å². The van der Waals surface area contributed by atoms with E-state index in [-0.39, 0.29) is 23.6 Å². The minimum atomic E-state index is -0.294. The van der Waals surface area contributed by atoms with Gasteiger partial charge < -0.3 is 9.32 Å². The van der Waals surface area contributed by atoms with Gasteiger partial charge in [0.1, 0.15) is 5.82 Å². The van der Waals surface area contributed by atoms with Gasteiger partial charge in [-0.3, -0.25) is 4.79 Å². The Hall–Kier alpha value is -2.24. The van der Waals surface area contributed by atoms with Gasteiger partial charge >= 0.3 is 0 Å². The summed E-state index contributed by atoms with van der Waals surface area (Å²) in [5.74, 6) is 1.29. The van der Waals surface area contributed by atoms with Gasteiger partial charge in [-0.1, -0.05) is 13.8 Å². The molecule has 1 aliphatic heterocycles. The van der Waals surface area contributed by atoms with Crippen LogP contribution in [-0.4, -0.2) is 34.1 Å². The lowest BCUT2D eigenvalue weighted by atomic mass is 9.94. The predicted molar refractivity (Wildman–Crippen MR) is 92.3 cm³/mol. The van der Waals surface area contributed by atoms with Crippen molar-refractivity contribution in [3.63, 3.8) is 0 Å². The van der Waals surface area contributed by atoms with Crippen LogP contribution in [0.5, 0.6) is 0 Å². The zero-order valence-corrected chi connectivity index (χ0v) is 14.7. The van der Waals surface area contributed by atoms with Crippen LogP contribution < -0.4 is 0 Å². The van der Waals surface area contributed by atoms with Crippen molar-refractivity contribution in [3.8, 4) is 11.5 Å². The number of nitrogens with zero attached hydrogens (tertiary/aromatic N) is 3. The molecule has 2 heterocycles. The number of aromatic nitrogens is 2. The SMILES string of the molecule is CCC(CC)C(=O)N1CCC(c2nnc(-c3ccc(F)cc3)o2)CC1. The van der Waals surface area contributed by atoms with Gasteiger partial charge in [0.15, 0.2) is 0 Å². The maximum atomic E-state index is 13.0. The van der Waals surface area contributed by atoms with Crippen LogP contribution in [0.25, 0.3) is 11.5 Å². The zero-order chi connectivity index (χ0) is 17.8. The van der Waals surface area contributed by atoms with Crippen LogP contribution in [0.2, 0.25) is 0 Å². The number of carbonyl (C=O) groups is 1. The van der Waals surface area contributed by atoms with Crippen molar-refractivity contribution < 1.29 is 13.6 Å². The quantitative estimate of drug-likeness (QED) is 0.821. The lowest BCUT2D eigenvalue weighted by Crippen LogP contribution is -2.41. The number of rotatable bonds is 5. The topological polar surface area (TPSA) is 59.2 Å². The molecule has 0 bridgehead atoms. The fourth-order valence-electron chi connectivity index (χ4n) is 3.35. The highest BCUT2D eigenvalue weighted by Gasteiger charge is 2.29. The summed E-state index contributed by atoms with van der Waals surface area (Å²) in [7, 11) is 0. The monoisotopic (exact) mass is 345 g/mol. The number of carbonyl (C=O) groups excluding carboxylic acids is 1. The van der Waals surface area contributed by atoms with Crippen LogP contribution in [0.1, 0.15) is 51.3 Å². The summed E-state index contributed by atoms with van der Waals surface area (Å²) >= 11 is 0. The standard InChI is InChI=1S/C19H24FN3O2/c1-3-13(4-2)19(24)23-11-9-15(10-12-23)18-22-21-17(25-18)14-5-7-16(20)8-6-14/h5-8,13,15H,3-4,9-12H2,1-2H3. The highest BCUT2D eigenvalue weighted by atomic mass is 19.1. The van der Waals surface area contributed by atoms with Crippen LogP contribution in [0, 0.1) is 11.7 Å². The Bertz CT molecular complexity index is 702. The fourth-order valence-corrected chi connectivity index (χ4v) is 3.35. The van der Waals surface area contributed by atoms with Gasteiger partial charge in [-0.25, -0.2) is 4.39 Å². The number of hydrogen-bond donors (Lipinski definition) is 0. The van der Waals surface area contributed by atoms with Gasteiger partial charge in [0, 0.05) is 30.5 Å². The van der Waals surface area contributed by atoms with Gasteiger partial charge in [0.05, 0.1) is 0 Å². The van der Waals surface area contributed by atoms with E-state index >= 15 is 0 Å². The van der Waals surface area contributed by atoms with Crippen LogP contribution in [-0.2, 0) is 4.79 Å². The summed E-state index contributed by atoms with van der Waals surface area (Å²) in [6.07, 6.45) is 3.44. The van der Waals surface area contributed by atoms with Crippen LogP contribution >= 0.6 is 0 Å². The molecule has 1 aromatic heterocycles. The Morgan fingerprint density at radius 3 is 2.44 bits per heavy atom. The zero-order valence-electron chi connectivity index (χ0n) is 14.7. The summed E-state index contributed by atoms with van der Waals surface area (Å²) in [6, 6.07) is 6.01. The van der Waals surface area contributed by atoms with Crippen LogP contribution in [0.15, 0.2) is 28.7 Å². The molecule has 1 aromatic carbocycles. The normalized spacial score (nSPS) is 15.8. The summed E-state index contributed by atoms with van der Waals surface area (Å²) in [6.45, 7) is 5.59. The maximum Gasteiger partial charge on any atom is 0.247 e. The first-order chi connectivity index (χ1) is 12.1. The second kappa shape index (κ2) is 7.76. The first kappa shape index (κ1) is 17.6. The summed E-state index contributed by atoms with van der Waals surface area (Å²) in [5.41, 5.74) is 0.710. The third kappa shape index (κ3) is 3.89. The predicted octanol–water partition coefficient (Wildman–Crippen LogP) is 4.02. The highest BCUT2D eigenvalue weighted by Crippen LogP contribution is 2.30. The molecule has 6 heteroatoms. The number of likely N-dealkylation sites (tertiary alicyclic amines) is 1. The molecule has 0 radical (unpaired) electrons. The molecule has 1 aliphatic rings. The van der Waals surface area contributed by atoms with E-state index in [2.05, 4.69) is 24.0 Å². The van der Waals surface area contributed by atoms with Crippen molar-refractivity contribution >= 4 is 5.91 Å². The number of piperidine rings is 1. The molecule has 0 saturated carbocycles. The molecule has 0 spiro atoms. The number of halogens is 1. The van der Waals surface area contributed by atoms with E-state index in [9.17, 15) is 9.18 Å². The third-order valence-corrected chi connectivity index (χ3v) is 5.02. The fraction of sp³-hybridized carbons (Fsp3) is 0.526. The van der Waals surface area contributed by atoms with Crippen LogP contribution in [0.4, 0.5) is 4.39 Å². The molecule has 1 fully saturated rings. The molecule has 0 atom stereocenters. The van der Waals surface area contributed by atoms with Crippen molar-refractivity contribution in [2.24, 2.45) is 5.92 Å². The van der Waals surface area contributed by atoms with Crippen molar-refractivity contribution in [2.45, 2.75) is 45.4 Å². The number of amides is 1. The van der Waals surface area contributed by atoms with E-state index in [0.29, 0.717) is 17.3 Å². The van der Waals surface area contributed by atoms with Gasteiger partial charge in [-0.15, -0.1) is 10.2 Å². The second-order valence-corrected chi connectivity index (χ2v) is 6.57. The molecule has 134 valence electrons. The molecule has 1 saturated heterocycles. The van der Waals surface area contributed by atoms with E-state index < -0.39 is 0 Å². The van der Waals surface area contributed by atoms with Gasteiger partial charge in [0.2, 0.25) is 17.7 Å². The van der Waals surface area contributed by atoms with Gasteiger partial charge in [-0.05, 0) is 49.9 Å². The first-order valence-electron chi connectivity index (χ1n) is 9.00. The summed E-state index contributed by atoms with van der Waals surface area (Å²) in [5, 5.41) is 8.24. The Labute approximate surface area is 147 Å². The van der Waals surface area contributed by atoms with Crippen molar-refractivity contribution in [2.75, 3.05) is 13.1 Å². The Kier molecular flexibility index (Phi) is 5.46. The molecule has 25 heavy (non-hydrogen) atoms. The average Bonchev–Trinajstić information content (AvgIpc) is 3.13. The molecule has 1 amide bonds. The van der Waals surface area contributed by atoms with Crippen molar-refractivity contribution in [1.82, 2.24) is 15.1 Å². The molecule has 0 unspecified atom stereocenters. The molecule has 2 aromatic rings. The smallest absolute Gasteiger partial charge is 0.247 e. The molecular formula is C19H24FN3O2. The maximum absolute atomic E-state index is 13.0. The lowest BCUT2D eigenvalue weighted by molar-refractivity contribution is -0.136.